The van der Waals surface area contributed by atoms with Gasteiger partial charge in [-0.25, -0.2) is 4.98 Å². The highest BCUT2D eigenvalue weighted by Gasteiger charge is 2.23. The Morgan fingerprint density at radius 1 is 1.05 bits per heavy atom. The van der Waals surface area contributed by atoms with Crippen molar-refractivity contribution in [1.29, 1.82) is 0 Å². The highest BCUT2D eigenvalue weighted by molar-refractivity contribution is 6.17. The van der Waals surface area contributed by atoms with Crippen molar-refractivity contribution in [2.45, 2.75) is 12.3 Å². The van der Waals surface area contributed by atoms with Crippen LogP contribution >= 0.6 is 11.6 Å². The number of anilines is 2. The minimum Gasteiger partial charge on any atom is -0.326 e. The van der Waals surface area contributed by atoms with Gasteiger partial charge in [0.2, 0.25) is 0 Å². The van der Waals surface area contributed by atoms with Crippen molar-refractivity contribution < 1.29 is 0 Å². The molecule has 21 heavy (non-hydrogen) atoms. The number of fused-ring (bicyclic) bond motifs is 2. The first-order valence-electron chi connectivity index (χ1n) is 7.17. The zero-order valence-electron chi connectivity index (χ0n) is 11.6. The fraction of sp³-hybridized carbons (Fsp3) is 0.167. The molecular formula is C18H15ClN2. The standard InChI is InChI=1S/C18H15ClN2/c19-12-15-11-14-6-1-3-7-16(14)20-18(15)21-10-9-13-5-2-4-8-17(13)21/h1-8,11H,9-10,12H2. The van der Waals surface area contributed by atoms with Gasteiger partial charge >= 0.3 is 0 Å². The van der Waals surface area contributed by atoms with Crippen molar-refractivity contribution in [3.8, 4) is 0 Å². The second kappa shape index (κ2) is 5.05. The Hall–Kier alpha value is -2.06. The molecule has 4 rings (SSSR count). The zero-order valence-corrected chi connectivity index (χ0v) is 12.3. The first-order valence-corrected chi connectivity index (χ1v) is 7.70. The number of rotatable bonds is 2. The number of halogens is 1. The predicted octanol–water partition coefficient (Wildman–Crippen LogP) is 4.67. The smallest absolute Gasteiger partial charge is 0.138 e. The monoisotopic (exact) mass is 294 g/mol. The van der Waals surface area contributed by atoms with Crippen LogP contribution < -0.4 is 4.90 Å². The molecule has 1 aromatic heterocycles. The largest absolute Gasteiger partial charge is 0.326 e. The molecule has 0 bridgehead atoms. The van der Waals surface area contributed by atoms with Crippen LogP contribution in [0.3, 0.4) is 0 Å². The number of alkyl halides is 1. The van der Waals surface area contributed by atoms with Gasteiger partial charge in [-0.05, 0) is 30.2 Å². The summed E-state index contributed by atoms with van der Waals surface area (Å²) < 4.78 is 0. The summed E-state index contributed by atoms with van der Waals surface area (Å²) >= 11 is 6.17. The average molecular weight is 295 g/mol. The van der Waals surface area contributed by atoms with Crippen LogP contribution in [0.4, 0.5) is 11.5 Å². The van der Waals surface area contributed by atoms with E-state index >= 15 is 0 Å². The molecule has 0 N–H and O–H groups in total. The predicted molar refractivity (Wildman–Crippen MR) is 88.5 cm³/mol. The van der Waals surface area contributed by atoms with Crippen LogP contribution in [0.15, 0.2) is 54.6 Å². The fourth-order valence-corrected chi connectivity index (χ4v) is 3.24. The third kappa shape index (κ3) is 2.07. The van der Waals surface area contributed by atoms with Crippen molar-refractivity contribution in [2.75, 3.05) is 11.4 Å². The first-order chi connectivity index (χ1) is 10.4. The summed E-state index contributed by atoms with van der Waals surface area (Å²) in [6.45, 7) is 0.967. The van der Waals surface area contributed by atoms with Crippen molar-refractivity contribution >= 4 is 34.0 Å². The van der Waals surface area contributed by atoms with E-state index in [1.807, 2.05) is 12.1 Å². The van der Waals surface area contributed by atoms with E-state index < -0.39 is 0 Å². The molecule has 1 aliphatic rings. The number of hydrogen-bond acceptors (Lipinski definition) is 2. The van der Waals surface area contributed by atoms with Crippen LogP contribution in [0.5, 0.6) is 0 Å². The Kier molecular flexibility index (Phi) is 3.04. The van der Waals surface area contributed by atoms with Crippen molar-refractivity contribution in [3.05, 3.63) is 65.7 Å². The number of aromatic nitrogens is 1. The summed E-state index contributed by atoms with van der Waals surface area (Å²) in [6.07, 6.45) is 1.06. The Bertz CT molecular complexity index is 813. The van der Waals surface area contributed by atoms with Gasteiger partial charge in [-0.3, -0.25) is 0 Å². The molecule has 2 aromatic carbocycles. The van der Waals surface area contributed by atoms with Crippen LogP contribution in [0.1, 0.15) is 11.1 Å². The topological polar surface area (TPSA) is 16.1 Å². The lowest BCUT2D eigenvalue weighted by Gasteiger charge is -2.21. The van der Waals surface area contributed by atoms with Gasteiger partial charge in [0, 0.05) is 23.2 Å². The Balaban J connectivity index is 1.90. The Morgan fingerprint density at radius 3 is 2.76 bits per heavy atom. The lowest BCUT2D eigenvalue weighted by molar-refractivity contribution is 0.970. The Labute approximate surface area is 129 Å². The Morgan fingerprint density at radius 2 is 1.86 bits per heavy atom. The SMILES string of the molecule is ClCc1cc2ccccc2nc1N1CCc2ccccc21. The summed E-state index contributed by atoms with van der Waals surface area (Å²) in [6, 6.07) is 18.9. The van der Waals surface area contributed by atoms with E-state index in [-0.39, 0.29) is 0 Å². The number of hydrogen-bond donors (Lipinski definition) is 0. The van der Waals surface area contributed by atoms with Crippen molar-refractivity contribution in [1.82, 2.24) is 4.98 Å². The van der Waals surface area contributed by atoms with Crippen LogP contribution in [0.2, 0.25) is 0 Å². The van der Waals surface area contributed by atoms with Gasteiger partial charge in [0.1, 0.15) is 5.82 Å². The maximum Gasteiger partial charge on any atom is 0.138 e. The number of nitrogens with zero attached hydrogens (tertiary/aromatic N) is 2. The summed E-state index contributed by atoms with van der Waals surface area (Å²) in [5, 5.41) is 1.14. The molecule has 0 saturated carbocycles. The lowest BCUT2D eigenvalue weighted by Crippen LogP contribution is -2.16. The van der Waals surface area contributed by atoms with Crippen LogP contribution in [0, 0.1) is 0 Å². The summed E-state index contributed by atoms with van der Waals surface area (Å²) in [4.78, 5) is 7.16. The van der Waals surface area contributed by atoms with E-state index in [9.17, 15) is 0 Å². The molecule has 0 amide bonds. The molecule has 0 saturated heterocycles. The summed E-state index contributed by atoms with van der Waals surface area (Å²) in [5.41, 5.74) is 4.75. The first kappa shape index (κ1) is 12.7. The highest BCUT2D eigenvalue weighted by atomic mass is 35.5. The van der Waals surface area contributed by atoms with Gasteiger partial charge in [-0.2, -0.15) is 0 Å². The molecule has 0 fully saturated rings. The number of benzene rings is 2. The number of pyridine rings is 1. The van der Waals surface area contributed by atoms with Gasteiger partial charge < -0.3 is 4.90 Å². The van der Waals surface area contributed by atoms with E-state index in [4.69, 9.17) is 16.6 Å². The van der Waals surface area contributed by atoms with Crippen molar-refractivity contribution in [3.63, 3.8) is 0 Å². The molecule has 0 spiro atoms. The minimum absolute atomic E-state index is 0.478. The minimum atomic E-state index is 0.478. The normalized spacial score (nSPS) is 13.7. The van der Waals surface area contributed by atoms with Crippen molar-refractivity contribution in [2.24, 2.45) is 0 Å². The summed E-state index contributed by atoms with van der Waals surface area (Å²) in [5.74, 6) is 1.47. The maximum absolute atomic E-state index is 6.17. The van der Waals surface area contributed by atoms with Gasteiger partial charge in [0.05, 0.1) is 11.4 Å². The summed E-state index contributed by atoms with van der Waals surface area (Å²) in [7, 11) is 0. The second-order valence-corrected chi connectivity index (χ2v) is 5.60. The molecular weight excluding hydrogens is 280 g/mol. The molecule has 1 aliphatic heterocycles. The number of para-hydroxylation sites is 2. The quantitative estimate of drug-likeness (QED) is 0.639. The van der Waals surface area contributed by atoms with Crippen LogP contribution in [-0.2, 0) is 12.3 Å². The van der Waals surface area contributed by atoms with Gasteiger partial charge in [0.15, 0.2) is 0 Å². The fourth-order valence-electron chi connectivity index (χ4n) is 3.04. The van der Waals surface area contributed by atoms with E-state index in [0.29, 0.717) is 5.88 Å². The molecule has 104 valence electrons. The van der Waals surface area contributed by atoms with E-state index in [1.165, 1.54) is 11.3 Å². The maximum atomic E-state index is 6.17. The van der Waals surface area contributed by atoms with Gasteiger partial charge in [0.25, 0.3) is 0 Å². The molecule has 0 aliphatic carbocycles. The van der Waals surface area contributed by atoms with E-state index in [1.54, 1.807) is 0 Å². The average Bonchev–Trinajstić information content (AvgIpc) is 2.97. The molecule has 3 aromatic rings. The third-order valence-corrected chi connectivity index (χ3v) is 4.35. The van der Waals surface area contributed by atoms with Crippen LogP contribution in [-0.4, -0.2) is 11.5 Å². The molecule has 3 heteroatoms. The lowest BCUT2D eigenvalue weighted by atomic mass is 10.1. The van der Waals surface area contributed by atoms with Gasteiger partial charge in [-0.15, -0.1) is 11.6 Å². The highest BCUT2D eigenvalue weighted by Crippen LogP contribution is 2.36. The third-order valence-electron chi connectivity index (χ3n) is 4.07. The molecule has 0 radical (unpaired) electrons. The molecule has 2 heterocycles. The second-order valence-electron chi connectivity index (χ2n) is 5.33. The van der Waals surface area contributed by atoms with E-state index in [2.05, 4.69) is 47.4 Å². The van der Waals surface area contributed by atoms with Gasteiger partial charge in [-0.1, -0.05) is 36.4 Å². The molecule has 0 atom stereocenters. The van der Waals surface area contributed by atoms with E-state index in [0.717, 1.165) is 35.2 Å². The zero-order chi connectivity index (χ0) is 14.2. The van der Waals surface area contributed by atoms with Crippen LogP contribution in [0.25, 0.3) is 10.9 Å². The molecule has 0 unspecified atom stereocenters. The molecule has 2 nitrogen and oxygen atoms in total.